The molecule has 0 aliphatic carbocycles. The van der Waals surface area contributed by atoms with Crippen LogP contribution >= 0.6 is 0 Å². The Balaban J connectivity index is 2.07. The Morgan fingerprint density at radius 2 is 2.11 bits per heavy atom. The first kappa shape index (κ1) is 13.1. The van der Waals surface area contributed by atoms with E-state index in [1.807, 2.05) is 19.9 Å². The van der Waals surface area contributed by atoms with Gasteiger partial charge in [0.1, 0.15) is 6.54 Å². The first-order valence-corrected chi connectivity index (χ1v) is 5.58. The van der Waals surface area contributed by atoms with Gasteiger partial charge in [-0.1, -0.05) is 0 Å². The van der Waals surface area contributed by atoms with E-state index in [9.17, 15) is 13.6 Å². The molecule has 2 rings (SSSR count). The number of halogens is 2. The van der Waals surface area contributed by atoms with Gasteiger partial charge in [-0.25, -0.2) is 0 Å². The normalized spacial score (nSPS) is 10.5. The average Bonchev–Trinajstić information content (AvgIpc) is 2.61. The summed E-state index contributed by atoms with van der Waals surface area (Å²) in [6.07, 6.45) is 0. The van der Waals surface area contributed by atoms with Crippen LogP contribution in [0.15, 0.2) is 18.2 Å². The molecule has 0 bridgehead atoms. The third-order valence-corrected chi connectivity index (χ3v) is 2.49. The molecule has 0 atom stereocenters. The predicted molar refractivity (Wildman–Crippen MR) is 64.5 cm³/mol. The number of aryl methyl sites for hydroxylation is 2. The lowest BCUT2D eigenvalue weighted by Crippen LogP contribution is -2.21. The molecule has 0 unspecified atom stereocenters. The summed E-state index contributed by atoms with van der Waals surface area (Å²) >= 11 is 0. The second kappa shape index (κ2) is 5.13. The third-order valence-electron chi connectivity index (χ3n) is 2.49. The standard InChI is InChI=1S/C12H12F2N4O/c1-7-5-8(2)18(17-7)6-11(19)15-9-3-4-10(13)16-12(9)14/h3-5H,6H2,1-2H3,(H,15,19). The van der Waals surface area contributed by atoms with E-state index in [1.54, 1.807) is 0 Å². The topological polar surface area (TPSA) is 59.8 Å². The molecular formula is C12H12F2N4O. The van der Waals surface area contributed by atoms with E-state index in [0.29, 0.717) is 0 Å². The highest BCUT2D eigenvalue weighted by molar-refractivity contribution is 5.90. The van der Waals surface area contributed by atoms with Crippen molar-refractivity contribution in [3.05, 3.63) is 41.5 Å². The van der Waals surface area contributed by atoms with Gasteiger partial charge in [-0.15, -0.1) is 0 Å². The summed E-state index contributed by atoms with van der Waals surface area (Å²) in [7, 11) is 0. The lowest BCUT2D eigenvalue weighted by molar-refractivity contribution is -0.117. The van der Waals surface area contributed by atoms with E-state index in [4.69, 9.17) is 0 Å². The zero-order valence-electron chi connectivity index (χ0n) is 10.4. The summed E-state index contributed by atoms with van der Waals surface area (Å²) in [5.74, 6) is -2.45. The number of rotatable bonds is 3. The molecule has 2 aromatic rings. The van der Waals surface area contributed by atoms with Gasteiger partial charge in [-0.3, -0.25) is 9.48 Å². The number of carbonyl (C=O) groups is 1. The molecular weight excluding hydrogens is 254 g/mol. The fraction of sp³-hybridized carbons (Fsp3) is 0.250. The molecule has 2 aromatic heterocycles. The number of anilines is 1. The number of amides is 1. The van der Waals surface area contributed by atoms with Crippen molar-refractivity contribution in [1.82, 2.24) is 14.8 Å². The highest BCUT2D eigenvalue weighted by Crippen LogP contribution is 2.12. The van der Waals surface area contributed by atoms with Gasteiger partial charge >= 0.3 is 0 Å². The van der Waals surface area contributed by atoms with Crippen LogP contribution in [0.25, 0.3) is 0 Å². The Hall–Kier alpha value is -2.31. The number of nitrogens with zero attached hydrogens (tertiary/aromatic N) is 3. The number of carbonyl (C=O) groups excluding carboxylic acids is 1. The molecule has 0 saturated carbocycles. The molecule has 7 heteroatoms. The van der Waals surface area contributed by atoms with Crippen LogP contribution in [0.5, 0.6) is 0 Å². The summed E-state index contributed by atoms with van der Waals surface area (Å²) in [6, 6.07) is 3.92. The molecule has 0 spiro atoms. The fourth-order valence-corrected chi connectivity index (χ4v) is 1.67. The van der Waals surface area contributed by atoms with Crippen molar-refractivity contribution in [2.75, 3.05) is 5.32 Å². The Morgan fingerprint density at radius 3 is 2.68 bits per heavy atom. The van der Waals surface area contributed by atoms with Gasteiger partial charge in [0.05, 0.1) is 11.4 Å². The lowest BCUT2D eigenvalue weighted by atomic mass is 10.4. The van der Waals surface area contributed by atoms with Crippen LogP contribution in [0.1, 0.15) is 11.4 Å². The van der Waals surface area contributed by atoms with Crippen LogP contribution in [-0.4, -0.2) is 20.7 Å². The minimum atomic E-state index is -1.05. The third kappa shape index (κ3) is 3.12. The van der Waals surface area contributed by atoms with Gasteiger partial charge in [0.15, 0.2) is 0 Å². The van der Waals surface area contributed by atoms with Crippen molar-refractivity contribution >= 4 is 11.6 Å². The zero-order valence-corrected chi connectivity index (χ0v) is 10.4. The molecule has 5 nitrogen and oxygen atoms in total. The van der Waals surface area contributed by atoms with Gasteiger partial charge in [0.2, 0.25) is 17.8 Å². The van der Waals surface area contributed by atoms with E-state index in [2.05, 4.69) is 15.4 Å². The van der Waals surface area contributed by atoms with Crippen molar-refractivity contribution in [3.8, 4) is 0 Å². The Morgan fingerprint density at radius 1 is 1.37 bits per heavy atom. The van der Waals surface area contributed by atoms with Crippen molar-refractivity contribution in [3.63, 3.8) is 0 Å². The van der Waals surface area contributed by atoms with Crippen LogP contribution in [0, 0.1) is 25.7 Å². The quantitative estimate of drug-likeness (QED) is 0.862. The van der Waals surface area contributed by atoms with E-state index in [0.717, 1.165) is 23.5 Å². The number of aromatic nitrogens is 3. The van der Waals surface area contributed by atoms with Gasteiger partial charge in [0, 0.05) is 5.69 Å². The van der Waals surface area contributed by atoms with E-state index in [1.165, 1.54) is 4.68 Å². The Kier molecular flexibility index (Phi) is 3.55. The molecule has 100 valence electrons. The maximum atomic E-state index is 13.2. The number of pyridine rings is 1. The predicted octanol–water partition coefficient (Wildman–Crippen LogP) is 1.81. The SMILES string of the molecule is Cc1cc(C)n(CC(=O)Nc2ccc(F)nc2F)n1. The van der Waals surface area contributed by atoms with Crippen molar-refractivity contribution in [2.45, 2.75) is 20.4 Å². The monoisotopic (exact) mass is 266 g/mol. The average molecular weight is 266 g/mol. The Labute approximate surface area is 108 Å². The second-order valence-electron chi connectivity index (χ2n) is 4.11. The van der Waals surface area contributed by atoms with Crippen LogP contribution in [-0.2, 0) is 11.3 Å². The highest BCUT2D eigenvalue weighted by Gasteiger charge is 2.11. The van der Waals surface area contributed by atoms with Crippen LogP contribution in [0.2, 0.25) is 0 Å². The number of hydrogen-bond donors (Lipinski definition) is 1. The molecule has 0 aliphatic heterocycles. The number of hydrogen-bond acceptors (Lipinski definition) is 3. The molecule has 0 aromatic carbocycles. The van der Waals surface area contributed by atoms with Crippen LogP contribution in [0.3, 0.4) is 0 Å². The smallest absolute Gasteiger partial charge is 0.246 e. The molecule has 0 radical (unpaired) electrons. The fourth-order valence-electron chi connectivity index (χ4n) is 1.67. The van der Waals surface area contributed by atoms with Gasteiger partial charge < -0.3 is 5.32 Å². The van der Waals surface area contributed by atoms with E-state index < -0.39 is 17.8 Å². The second-order valence-corrected chi connectivity index (χ2v) is 4.11. The van der Waals surface area contributed by atoms with E-state index in [-0.39, 0.29) is 12.2 Å². The maximum absolute atomic E-state index is 13.2. The molecule has 19 heavy (non-hydrogen) atoms. The van der Waals surface area contributed by atoms with Gasteiger partial charge in [-0.2, -0.15) is 18.9 Å². The largest absolute Gasteiger partial charge is 0.321 e. The zero-order chi connectivity index (χ0) is 14.0. The number of nitrogens with one attached hydrogen (secondary N) is 1. The van der Waals surface area contributed by atoms with Crippen molar-refractivity contribution in [1.29, 1.82) is 0 Å². The summed E-state index contributed by atoms with van der Waals surface area (Å²) < 4.78 is 27.4. The summed E-state index contributed by atoms with van der Waals surface area (Å²) in [6.45, 7) is 3.58. The molecule has 0 aliphatic rings. The summed E-state index contributed by atoms with van der Waals surface area (Å²) in [5, 5.41) is 6.43. The molecule has 1 amide bonds. The van der Waals surface area contributed by atoms with Crippen LogP contribution < -0.4 is 5.32 Å². The summed E-state index contributed by atoms with van der Waals surface area (Å²) in [5.41, 5.74) is 1.46. The maximum Gasteiger partial charge on any atom is 0.246 e. The molecule has 0 saturated heterocycles. The minimum Gasteiger partial charge on any atom is -0.321 e. The first-order valence-electron chi connectivity index (χ1n) is 5.58. The highest BCUT2D eigenvalue weighted by atomic mass is 19.1. The van der Waals surface area contributed by atoms with Crippen LogP contribution in [0.4, 0.5) is 14.5 Å². The first-order chi connectivity index (χ1) is 8.95. The van der Waals surface area contributed by atoms with E-state index >= 15 is 0 Å². The minimum absolute atomic E-state index is 0.0451. The van der Waals surface area contributed by atoms with Gasteiger partial charge in [-0.05, 0) is 32.0 Å². The Bertz CT molecular complexity index is 624. The molecule has 2 heterocycles. The molecule has 1 N–H and O–H groups in total. The summed E-state index contributed by atoms with van der Waals surface area (Å²) in [4.78, 5) is 14.7. The van der Waals surface area contributed by atoms with Crippen molar-refractivity contribution < 1.29 is 13.6 Å². The molecule has 0 fully saturated rings. The van der Waals surface area contributed by atoms with Gasteiger partial charge in [0.25, 0.3) is 0 Å². The lowest BCUT2D eigenvalue weighted by Gasteiger charge is -2.07. The van der Waals surface area contributed by atoms with Crippen molar-refractivity contribution in [2.24, 2.45) is 0 Å².